The van der Waals surface area contributed by atoms with Crippen LogP contribution in [0.3, 0.4) is 0 Å². The van der Waals surface area contributed by atoms with E-state index in [1.807, 2.05) is 30.3 Å². The number of halogens is 1. The minimum absolute atomic E-state index is 0.263. The van der Waals surface area contributed by atoms with Gasteiger partial charge in [-0.05, 0) is 43.5 Å². The normalized spacial score (nSPS) is 15.6. The van der Waals surface area contributed by atoms with Crippen molar-refractivity contribution in [3.05, 3.63) is 77.1 Å². The molecule has 1 fully saturated rings. The maximum atomic E-state index is 14.6. The molecular formula is C23H24FN5. The molecule has 1 saturated carbocycles. The fraction of sp³-hybridized carbons (Fsp3) is 0.348. The van der Waals surface area contributed by atoms with Crippen LogP contribution in [0.1, 0.15) is 42.5 Å². The predicted octanol–water partition coefficient (Wildman–Crippen LogP) is 3.99. The van der Waals surface area contributed by atoms with Crippen molar-refractivity contribution in [1.29, 1.82) is 0 Å². The van der Waals surface area contributed by atoms with E-state index >= 15 is 0 Å². The quantitative estimate of drug-likeness (QED) is 0.640. The fourth-order valence-corrected chi connectivity index (χ4v) is 3.99. The molecule has 2 aromatic carbocycles. The lowest BCUT2D eigenvalue weighted by Gasteiger charge is -2.20. The second kappa shape index (κ2) is 7.52. The molecule has 0 saturated heterocycles. The third kappa shape index (κ3) is 3.49. The van der Waals surface area contributed by atoms with Crippen LogP contribution in [0, 0.1) is 11.7 Å². The molecule has 3 aromatic rings. The Morgan fingerprint density at radius 1 is 1.03 bits per heavy atom. The Kier molecular flexibility index (Phi) is 4.72. The molecule has 0 bridgehead atoms. The summed E-state index contributed by atoms with van der Waals surface area (Å²) in [5.41, 5.74) is 3.05. The van der Waals surface area contributed by atoms with Gasteiger partial charge in [-0.2, -0.15) is 0 Å². The molecule has 0 spiro atoms. The first kappa shape index (κ1) is 18.2. The lowest BCUT2D eigenvalue weighted by Crippen LogP contribution is -2.27. The summed E-state index contributed by atoms with van der Waals surface area (Å²) < 4.78 is 16.7. The molecule has 148 valence electrons. The Labute approximate surface area is 169 Å². The average Bonchev–Trinajstić information content (AvgIpc) is 3.50. The Balaban J connectivity index is 1.57. The number of fused-ring (bicyclic) bond motifs is 3. The summed E-state index contributed by atoms with van der Waals surface area (Å²) in [7, 11) is 0. The summed E-state index contributed by atoms with van der Waals surface area (Å²) in [5.74, 6) is 2.27. The second-order valence-corrected chi connectivity index (χ2v) is 7.80. The van der Waals surface area contributed by atoms with Gasteiger partial charge in [-0.3, -0.25) is 14.5 Å². The molecule has 5 rings (SSSR count). The number of para-hydroxylation sites is 1. The van der Waals surface area contributed by atoms with Crippen molar-refractivity contribution in [2.24, 2.45) is 10.9 Å². The second-order valence-electron chi connectivity index (χ2n) is 7.80. The molecular weight excluding hydrogens is 365 g/mol. The summed E-state index contributed by atoms with van der Waals surface area (Å²) >= 11 is 0. The molecule has 6 heteroatoms. The van der Waals surface area contributed by atoms with Crippen LogP contribution >= 0.6 is 0 Å². The van der Waals surface area contributed by atoms with Crippen molar-refractivity contribution in [1.82, 2.24) is 19.7 Å². The molecule has 0 N–H and O–H groups in total. The molecule has 0 amide bonds. The molecule has 1 aromatic heterocycles. The van der Waals surface area contributed by atoms with Gasteiger partial charge in [0.2, 0.25) is 0 Å². The van der Waals surface area contributed by atoms with E-state index in [0.29, 0.717) is 17.8 Å². The van der Waals surface area contributed by atoms with Crippen molar-refractivity contribution < 1.29 is 4.39 Å². The predicted molar refractivity (Wildman–Crippen MR) is 111 cm³/mol. The van der Waals surface area contributed by atoms with Crippen molar-refractivity contribution in [3.63, 3.8) is 0 Å². The van der Waals surface area contributed by atoms with E-state index < -0.39 is 0 Å². The SMILES string of the molecule is CCN(Cc1nnc2n1-c1ccccc1C(c1ccccc1F)=NC2)CC1CC1. The molecule has 29 heavy (non-hydrogen) atoms. The number of hydrogen-bond acceptors (Lipinski definition) is 4. The van der Waals surface area contributed by atoms with Gasteiger partial charge in [0.15, 0.2) is 11.6 Å². The summed E-state index contributed by atoms with van der Waals surface area (Å²) in [6, 6.07) is 14.8. The molecule has 1 aliphatic carbocycles. The van der Waals surface area contributed by atoms with E-state index in [4.69, 9.17) is 4.99 Å². The average molecular weight is 389 g/mol. The number of nitrogens with zero attached hydrogens (tertiary/aromatic N) is 5. The van der Waals surface area contributed by atoms with Crippen LogP contribution in [-0.2, 0) is 13.1 Å². The van der Waals surface area contributed by atoms with E-state index in [-0.39, 0.29) is 5.82 Å². The molecule has 5 nitrogen and oxygen atoms in total. The van der Waals surface area contributed by atoms with E-state index in [9.17, 15) is 4.39 Å². The fourth-order valence-electron chi connectivity index (χ4n) is 3.99. The van der Waals surface area contributed by atoms with Crippen LogP contribution in [0.2, 0.25) is 0 Å². The highest BCUT2D eigenvalue weighted by molar-refractivity contribution is 6.15. The zero-order valence-electron chi connectivity index (χ0n) is 16.6. The maximum absolute atomic E-state index is 14.6. The number of benzene rings is 2. The number of hydrogen-bond donors (Lipinski definition) is 0. The first-order valence-electron chi connectivity index (χ1n) is 10.3. The van der Waals surface area contributed by atoms with E-state index in [0.717, 1.165) is 48.5 Å². The van der Waals surface area contributed by atoms with Crippen LogP contribution in [0.5, 0.6) is 0 Å². The van der Waals surface area contributed by atoms with Crippen molar-refractivity contribution in [2.75, 3.05) is 13.1 Å². The van der Waals surface area contributed by atoms with Gasteiger partial charge in [0, 0.05) is 17.7 Å². The summed E-state index contributed by atoms with van der Waals surface area (Å²) in [5, 5.41) is 8.93. The highest BCUT2D eigenvalue weighted by atomic mass is 19.1. The topological polar surface area (TPSA) is 46.3 Å². The van der Waals surface area contributed by atoms with Crippen LogP contribution in [0.15, 0.2) is 53.5 Å². The van der Waals surface area contributed by atoms with Crippen LogP contribution in [0.4, 0.5) is 4.39 Å². The molecule has 1 aliphatic heterocycles. The third-order valence-electron chi connectivity index (χ3n) is 5.73. The minimum Gasteiger partial charge on any atom is -0.296 e. The standard InChI is InChI=1S/C23H24FN5/c1-2-28(14-16-11-12-16)15-22-27-26-21-13-25-23(17-7-3-5-9-19(17)24)18-8-4-6-10-20(18)29(21)22/h3-10,16H,2,11-15H2,1H3. The van der Waals surface area contributed by atoms with Gasteiger partial charge in [0.25, 0.3) is 0 Å². The summed E-state index contributed by atoms with van der Waals surface area (Å²) in [6.07, 6.45) is 2.66. The van der Waals surface area contributed by atoms with Crippen molar-refractivity contribution in [3.8, 4) is 5.69 Å². The Morgan fingerprint density at radius 3 is 2.55 bits per heavy atom. The van der Waals surface area contributed by atoms with Gasteiger partial charge in [0.1, 0.15) is 12.4 Å². The van der Waals surface area contributed by atoms with Crippen LogP contribution in [0.25, 0.3) is 5.69 Å². The zero-order valence-corrected chi connectivity index (χ0v) is 16.6. The maximum Gasteiger partial charge on any atom is 0.159 e. The van der Waals surface area contributed by atoms with E-state index in [2.05, 4.69) is 26.6 Å². The van der Waals surface area contributed by atoms with Crippen LogP contribution < -0.4 is 0 Å². The number of rotatable bonds is 6. The lowest BCUT2D eigenvalue weighted by atomic mass is 10.00. The van der Waals surface area contributed by atoms with Gasteiger partial charge in [-0.25, -0.2) is 4.39 Å². The van der Waals surface area contributed by atoms with Crippen molar-refractivity contribution in [2.45, 2.75) is 32.9 Å². The highest BCUT2D eigenvalue weighted by Gasteiger charge is 2.27. The first-order chi connectivity index (χ1) is 14.2. The van der Waals surface area contributed by atoms with Gasteiger partial charge in [-0.15, -0.1) is 10.2 Å². The molecule has 0 radical (unpaired) electrons. The summed E-state index contributed by atoms with van der Waals surface area (Å²) in [4.78, 5) is 7.18. The largest absolute Gasteiger partial charge is 0.296 e. The molecule has 0 unspecified atom stereocenters. The zero-order chi connectivity index (χ0) is 19.8. The number of aromatic nitrogens is 3. The van der Waals surface area contributed by atoms with Gasteiger partial charge in [0.05, 0.1) is 17.9 Å². The monoisotopic (exact) mass is 389 g/mol. The minimum atomic E-state index is -0.263. The molecule has 2 heterocycles. The van der Waals surface area contributed by atoms with E-state index in [1.54, 1.807) is 12.1 Å². The van der Waals surface area contributed by atoms with Gasteiger partial charge < -0.3 is 0 Å². The summed E-state index contributed by atoms with van der Waals surface area (Å²) in [6.45, 7) is 5.41. The Hall–Kier alpha value is -2.86. The molecule has 2 aliphatic rings. The Bertz CT molecular complexity index is 1070. The lowest BCUT2D eigenvalue weighted by molar-refractivity contribution is 0.260. The smallest absolute Gasteiger partial charge is 0.159 e. The molecule has 0 atom stereocenters. The van der Waals surface area contributed by atoms with Crippen LogP contribution in [-0.4, -0.2) is 38.5 Å². The highest BCUT2D eigenvalue weighted by Crippen LogP contribution is 2.31. The Morgan fingerprint density at radius 2 is 1.79 bits per heavy atom. The van der Waals surface area contributed by atoms with Gasteiger partial charge in [-0.1, -0.05) is 37.3 Å². The van der Waals surface area contributed by atoms with Gasteiger partial charge >= 0.3 is 0 Å². The number of aliphatic imine (C=N–C) groups is 1. The van der Waals surface area contributed by atoms with Crippen molar-refractivity contribution >= 4 is 5.71 Å². The third-order valence-corrected chi connectivity index (χ3v) is 5.73. The van der Waals surface area contributed by atoms with E-state index in [1.165, 1.54) is 18.9 Å². The first-order valence-corrected chi connectivity index (χ1v) is 10.3.